The summed E-state index contributed by atoms with van der Waals surface area (Å²) >= 11 is 0. The Bertz CT molecular complexity index is 815. The highest BCUT2D eigenvalue weighted by molar-refractivity contribution is 14.0. The van der Waals surface area contributed by atoms with E-state index in [4.69, 9.17) is 0 Å². The quantitative estimate of drug-likeness (QED) is 0.353. The molecule has 1 aliphatic rings. The van der Waals surface area contributed by atoms with E-state index in [1.54, 1.807) is 35.8 Å². The molecule has 0 spiro atoms. The van der Waals surface area contributed by atoms with Gasteiger partial charge in [-0.2, -0.15) is 5.10 Å². The van der Waals surface area contributed by atoms with Crippen molar-refractivity contribution in [2.45, 2.75) is 38.3 Å². The van der Waals surface area contributed by atoms with Gasteiger partial charge in [-0.15, -0.1) is 24.0 Å². The number of likely N-dealkylation sites (N-methyl/N-ethyl adjacent to an activating group) is 1. The molecule has 9 heteroatoms. The van der Waals surface area contributed by atoms with Crippen LogP contribution in [0.2, 0.25) is 0 Å². The fraction of sp³-hybridized carbons (Fsp3) is 0.450. The summed E-state index contributed by atoms with van der Waals surface area (Å²) in [7, 11) is 3.46. The number of carbonyl (C=O) groups excluding carboxylic acids is 1. The largest absolute Gasteiger partial charge is 0.354 e. The van der Waals surface area contributed by atoms with E-state index >= 15 is 0 Å². The predicted octanol–water partition coefficient (Wildman–Crippen LogP) is 2.70. The highest BCUT2D eigenvalue weighted by Gasteiger charge is 2.17. The van der Waals surface area contributed by atoms with Crippen LogP contribution in [-0.4, -0.2) is 53.2 Å². The lowest BCUT2D eigenvalue weighted by molar-refractivity contribution is -0.127. The first-order valence-corrected chi connectivity index (χ1v) is 9.57. The molecule has 1 heterocycles. The van der Waals surface area contributed by atoms with Gasteiger partial charge in [0.2, 0.25) is 5.91 Å². The lowest BCUT2D eigenvalue weighted by atomic mass is 10.2. The fourth-order valence-corrected chi connectivity index (χ4v) is 3.08. The first-order chi connectivity index (χ1) is 13.5. The van der Waals surface area contributed by atoms with Crippen LogP contribution < -0.4 is 10.6 Å². The number of nitrogens with one attached hydrogen (secondary N) is 2. The van der Waals surface area contributed by atoms with Crippen LogP contribution in [0.15, 0.2) is 41.5 Å². The van der Waals surface area contributed by atoms with Gasteiger partial charge in [0.05, 0.1) is 24.5 Å². The summed E-state index contributed by atoms with van der Waals surface area (Å²) in [6, 6.07) is 8.44. The molecular weight excluding hydrogens is 486 g/mol. The molecule has 2 N–H and O–H groups in total. The molecule has 1 aromatic carbocycles. The van der Waals surface area contributed by atoms with E-state index in [-0.39, 0.29) is 42.2 Å². The fourth-order valence-electron chi connectivity index (χ4n) is 3.08. The summed E-state index contributed by atoms with van der Waals surface area (Å²) in [6.07, 6.45) is 6.47. The molecule has 158 valence electrons. The second kappa shape index (κ2) is 11.1. The number of hydrogen-bond acceptors (Lipinski definition) is 3. The summed E-state index contributed by atoms with van der Waals surface area (Å²) in [5.74, 6) is 0.335. The van der Waals surface area contributed by atoms with Gasteiger partial charge in [-0.25, -0.2) is 14.1 Å². The topological polar surface area (TPSA) is 74.5 Å². The maximum Gasteiger partial charge on any atom is 0.241 e. The Morgan fingerprint density at radius 3 is 2.59 bits per heavy atom. The molecule has 0 radical (unpaired) electrons. The number of halogens is 2. The molecule has 3 rings (SSSR count). The van der Waals surface area contributed by atoms with Gasteiger partial charge in [0.1, 0.15) is 5.82 Å². The molecule has 0 saturated heterocycles. The van der Waals surface area contributed by atoms with Crippen LogP contribution in [0.3, 0.4) is 0 Å². The standard InChI is InChI=1S/C20H27FN6O.HI/c1-26(2)19(28)14-23-20(24-16-5-3-4-6-16)22-13-17-11-12-27(25-17)18-9-7-15(21)8-10-18;/h7-12,16H,3-6,13-14H2,1-2H3,(H2,22,23,24);1H. The normalized spacial score (nSPS) is 14.4. The van der Waals surface area contributed by atoms with Crippen molar-refractivity contribution in [2.24, 2.45) is 4.99 Å². The van der Waals surface area contributed by atoms with Crippen molar-refractivity contribution >= 4 is 35.8 Å². The molecule has 1 amide bonds. The third-order valence-corrected chi connectivity index (χ3v) is 4.74. The van der Waals surface area contributed by atoms with Crippen LogP contribution in [0.25, 0.3) is 5.69 Å². The summed E-state index contributed by atoms with van der Waals surface area (Å²) in [6.45, 7) is 0.571. The van der Waals surface area contributed by atoms with Gasteiger partial charge in [-0.1, -0.05) is 12.8 Å². The third kappa shape index (κ3) is 6.98. The van der Waals surface area contributed by atoms with Gasteiger partial charge in [0, 0.05) is 26.3 Å². The Kier molecular flexibility index (Phi) is 8.87. The van der Waals surface area contributed by atoms with Crippen LogP contribution in [0.4, 0.5) is 4.39 Å². The zero-order valence-electron chi connectivity index (χ0n) is 16.8. The summed E-state index contributed by atoms with van der Waals surface area (Å²) in [5.41, 5.74) is 1.58. The number of benzene rings is 1. The Labute approximate surface area is 187 Å². The predicted molar refractivity (Wildman–Crippen MR) is 122 cm³/mol. The molecule has 1 fully saturated rings. The molecule has 0 aliphatic heterocycles. The summed E-state index contributed by atoms with van der Waals surface area (Å²) < 4.78 is 14.8. The van der Waals surface area contributed by atoms with Gasteiger partial charge in [-0.05, 0) is 43.2 Å². The monoisotopic (exact) mass is 514 g/mol. The van der Waals surface area contributed by atoms with Crippen molar-refractivity contribution < 1.29 is 9.18 Å². The number of guanidine groups is 1. The minimum Gasteiger partial charge on any atom is -0.354 e. The van der Waals surface area contributed by atoms with E-state index in [2.05, 4.69) is 20.7 Å². The molecule has 1 saturated carbocycles. The third-order valence-electron chi connectivity index (χ3n) is 4.74. The molecule has 0 unspecified atom stereocenters. The average molecular weight is 514 g/mol. The van der Waals surface area contributed by atoms with Crippen molar-refractivity contribution in [1.82, 2.24) is 25.3 Å². The lowest BCUT2D eigenvalue weighted by Crippen LogP contribution is -2.46. The molecule has 1 aliphatic carbocycles. The zero-order valence-corrected chi connectivity index (χ0v) is 19.1. The number of carbonyl (C=O) groups is 1. The van der Waals surface area contributed by atoms with Crippen molar-refractivity contribution in [3.63, 3.8) is 0 Å². The Morgan fingerprint density at radius 2 is 1.93 bits per heavy atom. The molecule has 7 nitrogen and oxygen atoms in total. The number of rotatable bonds is 6. The van der Waals surface area contributed by atoms with Crippen molar-refractivity contribution in [1.29, 1.82) is 0 Å². The van der Waals surface area contributed by atoms with Gasteiger partial charge in [0.15, 0.2) is 5.96 Å². The van der Waals surface area contributed by atoms with E-state index in [9.17, 15) is 9.18 Å². The van der Waals surface area contributed by atoms with Gasteiger partial charge in [-0.3, -0.25) is 4.79 Å². The minimum atomic E-state index is -0.276. The van der Waals surface area contributed by atoms with Crippen LogP contribution in [-0.2, 0) is 11.3 Å². The van der Waals surface area contributed by atoms with Gasteiger partial charge >= 0.3 is 0 Å². The van der Waals surface area contributed by atoms with Crippen molar-refractivity contribution in [2.75, 3.05) is 20.6 Å². The highest BCUT2D eigenvalue weighted by Crippen LogP contribution is 2.17. The molecule has 1 aromatic heterocycles. The second-order valence-electron chi connectivity index (χ2n) is 7.16. The van der Waals surface area contributed by atoms with E-state index in [1.165, 1.54) is 25.0 Å². The summed E-state index contributed by atoms with van der Waals surface area (Å²) in [5, 5.41) is 11.0. The maximum atomic E-state index is 13.1. The number of aromatic nitrogens is 2. The number of hydrogen-bond donors (Lipinski definition) is 2. The Balaban J connectivity index is 0.00000300. The maximum absolute atomic E-state index is 13.1. The molecular formula is C20H28FIN6O. The van der Waals surface area contributed by atoms with Crippen molar-refractivity contribution in [3.8, 4) is 5.69 Å². The van der Waals surface area contributed by atoms with Crippen molar-refractivity contribution in [3.05, 3.63) is 48.0 Å². The molecule has 29 heavy (non-hydrogen) atoms. The average Bonchev–Trinajstić information content (AvgIpc) is 3.36. The molecule has 2 aromatic rings. The number of amides is 1. The first kappa shape index (κ1) is 23.1. The van der Waals surface area contributed by atoms with Crippen LogP contribution >= 0.6 is 24.0 Å². The van der Waals surface area contributed by atoms with Gasteiger partial charge < -0.3 is 15.5 Å². The number of aliphatic imine (C=N–C) groups is 1. The molecule has 0 bridgehead atoms. The molecule has 0 atom stereocenters. The smallest absolute Gasteiger partial charge is 0.241 e. The lowest BCUT2D eigenvalue weighted by Gasteiger charge is -2.18. The van der Waals surface area contributed by atoms with Gasteiger partial charge in [0.25, 0.3) is 0 Å². The Morgan fingerprint density at radius 1 is 1.24 bits per heavy atom. The van der Waals surface area contributed by atoms with Crippen LogP contribution in [0.1, 0.15) is 31.4 Å². The first-order valence-electron chi connectivity index (χ1n) is 9.57. The van der Waals surface area contributed by atoms with Crippen LogP contribution in [0.5, 0.6) is 0 Å². The minimum absolute atomic E-state index is 0. The second-order valence-corrected chi connectivity index (χ2v) is 7.16. The SMILES string of the molecule is CN(C)C(=O)CNC(=NCc1ccn(-c2ccc(F)cc2)n1)NC1CCCC1.I. The van der Waals surface area contributed by atoms with E-state index in [0.717, 1.165) is 24.2 Å². The summed E-state index contributed by atoms with van der Waals surface area (Å²) in [4.78, 5) is 18.0. The van der Waals surface area contributed by atoms with E-state index in [1.807, 2.05) is 12.3 Å². The number of nitrogens with zero attached hydrogens (tertiary/aromatic N) is 4. The Hall–Kier alpha value is -2.17. The zero-order chi connectivity index (χ0) is 19.9. The van der Waals surface area contributed by atoms with E-state index in [0.29, 0.717) is 18.5 Å². The van der Waals surface area contributed by atoms with E-state index < -0.39 is 0 Å². The highest BCUT2D eigenvalue weighted by atomic mass is 127. The van der Waals surface area contributed by atoms with Crippen LogP contribution in [0, 0.1) is 5.82 Å².